The number of likely N-dealkylation sites (N-methyl/N-ethyl adjacent to an activating group) is 1. The molecule has 38 heavy (non-hydrogen) atoms. The third-order valence-corrected chi connectivity index (χ3v) is 9.09. The summed E-state index contributed by atoms with van der Waals surface area (Å²) in [5.41, 5.74) is 7.77. The molecule has 2 aliphatic rings. The molecule has 0 atom stereocenters. The van der Waals surface area contributed by atoms with Crippen LogP contribution in [0.2, 0.25) is 0 Å². The first-order valence-electron chi connectivity index (χ1n) is 14.1. The number of hydrogen-bond donors (Lipinski definition) is 2. The number of fused-ring (bicyclic) bond motifs is 1. The predicted octanol–water partition coefficient (Wildman–Crippen LogP) is 5.99. The average molecular weight is 534 g/mol. The molecule has 0 saturated carbocycles. The maximum atomic E-state index is 13.3. The van der Waals surface area contributed by atoms with Crippen LogP contribution in [-0.4, -0.2) is 61.9 Å². The van der Waals surface area contributed by atoms with Gasteiger partial charge in [0.05, 0.1) is 0 Å². The third kappa shape index (κ3) is 6.52. The summed E-state index contributed by atoms with van der Waals surface area (Å²) in [6, 6.07) is 3.88. The Morgan fingerprint density at radius 2 is 1.92 bits per heavy atom. The number of amides is 2. The van der Waals surface area contributed by atoms with Crippen molar-refractivity contribution in [2.24, 2.45) is 0 Å². The number of methoxy groups -OCH3 is 1. The number of thiophene rings is 1. The first-order chi connectivity index (χ1) is 18.5. The number of urea groups is 1. The topological polar surface area (TPSA) is 58.5 Å². The minimum absolute atomic E-state index is 0.215. The van der Waals surface area contributed by atoms with Gasteiger partial charge in [-0.3, -0.25) is 0 Å². The second kappa shape index (κ2) is 13.5. The first-order valence-corrected chi connectivity index (χ1v) is 14.9. The van der Waals surface area contributed by atoms with Gasteiger partial charge >= 0.3 is 207 Å². The molecular formula is C30H42BN4O2S. The summed E-state index contributed by atoms with van der Waals surface area (Å²) in [7, 11) is 7.82. The van der Waals surface area contributed by atoms with Crippen LogP contribution in [0, 0.1) is 0 Å². The van der Waals surface area contributed by atoms with Gasteiger partial charge in [-0.15, -0.1) is 0 Å². The zero-order chi connectivity index (χ0) is 27.1. The van der Waals surface area contributed by atoms with Crippen LogP contribution in [0.1, 0.15) is 75.3 Å². The van der Waals surface area contributed by atoms with Crippen molar-refractivity contribution in [3.8, 4) is 0 Å². The molecule has 0 unspecified atom stereocenters. The first kappa shape index (κ1) is 28.4. The number of unbranched alkanes of at least 4 members (excludes halogenated alkanes) is 1. The van der Waals surface area contributed by atoms with E-state index in [1.54, 1.807) is 18.4 Å². The summed E-state index contributed by atoms with van der Waals surface area (Å²) in [6.45, 7) is 10.2. The molecule has 8 heteroatoms. The molecule has 0 aromatic carbocycles. The molecule has 2 aromatic rings. The van der Waals surface area contributed by atoms with E-state index in [4.69, 9.17) is 12.2 Å². The number of aryl methyl sites for hydroxylation is 1. The Kier molecular flexibility index (Phi) is 10.1. The molecule has 0 bridgehead atoms. The van der Waals surface area contributed by atoms with Crippen molar-refractivity contribution in [3.05, 3.63) is 57.2 Å². The van der Waals surface area contributed by atoms with Gasteiger partial charge < -0.3 is 0 Å². The molecule has 3 heterocycles. The van der Waals surface area contributed by atoms with Crippen LogP contribution in [0.4, 0.5) is 9.80 Å². The number of hydrogen-bond acceptors (Lipinski definition) is 4. The van der Waals surface area contributed by atoms with E-state index >= 15 is 0 Å². The molecule has 6 nitrogen and oxygen atoms in total. The minimum atomic E-state index is -0.215. The van der Waals surface area contributed by atoms with Gasteiger partial charge in [0.1, 0.15) is 0 Å². The Labute approximate surface area is 233 Å². The van der Waals surface area contributed by atoms with E-state index in [9.17, 15) is 4.79 Å². The zero-order valence-electron chi connectivity index (χ0n) is 23.5. The van der Waals surface area contributed by atoms with Crippen LogP contribution in [0.3, 0.4) is 0 Å². The fraction of sp³-hybridized carbons (Fsp3) is 0.533. The van der Waals surface area contributed by atoms with E-state index in [-0.39, 0.29) is 6.03 Å². The van der Waals surface area contributed by atoms with Gasteiger partial charge in [0, 0.05) is 0 Å². The van der Waals surface area contributed by atoms with Crippen LogP contribution in [0.25, 0.3) is 5.70 Å². The molecule has 4 rings (SSSR count). The van der Waals surface area contributed by atoms with E-state index in [1.165, 1.54) is 46.4 Å². The van der Waals surface area contributed by atoms with Gasteiger partial charge in [0.15, 0.2) is 0 Å². The number of anilines is 1. The van der Waals surface area contributed by atoms with E-state index in [0.29, 0.717) is 12.2 Å². The summed E-state index contributed by atoms with van der Waals surface area (Å²) < 4.78 is 7.56. The fourth-order valence-electron chi connectivity index (χ4n) is 5.64. The van der Waals surface area contributed by atoms with E-state index in [0.717, 1.165) is 68.0 Å². The molecule has 1 aliphatic heterocycles. The molecule has 2 amide bonds. The molecule has 203 valence electrons. The van der Waals surface area contributed by atoms with Crippen molar-refractivity contribution in [2.75, 3.05) is 38.6 Å². The Balaban J connectivity index is 1.59. The molecule has 1 aliphatic carbocycles. The van der Waals surface area contributed by atoms with Gasteiger partial charge in [-0.1, -0.05) is 20.3 Å². The molecule has 1 radical (unpaired) electrons. The average Bonchev–Trinajstić information content (AvgIpc) is 3.60. The summed E-state index contributed by atoms with van der Waals surface area (Å²) in [5.74, 6) is 0. The van der Waals surface area contributed by atoms with Crippen LogP contribution in [0.15, 0.2) is 41.2 Å². The van der Waals surface area contributed by atoms with Gasteiger partial charge in [0.25, 0.3) is 0 Å². The zero-order valence-corrected chi connectivity index (χ0v) is 24.3. The number of nitrogens with zero attached hydrogens (tertiary/aromatic N) is 2. The Morgan fingerprint density at radius 3 is 2.63 bits per heavy atom. The number of rotatable bonds is 11. The monoisotopic (exact) mass is 533 g/mol. The van der Waals surface area contributed by atoms with Gasteiger partial charge in [-0.2, -0.15) is 0 Å². The van der Waals surface area contributed by atoms with Gasteiger partial charge in [0.2, 0.25) is 0 Å². The molecule has 2 N–H and O–H groups in total. The predicted molar refractivity (Wildman–Crippen MR) is 161 cm³/mol. The van der Waals surface area contributed by atoms with Crippen molar-refractivity contribution >= 4 is 41.2 Å². The number of carbonyl (C=O) groups is 1. The van der Waals surface area contributed by atoms with E-state index in [2.05, 4.69) is 53.3 Å². The van der Waals surface area contributed by atoms with Crippen LogP contribution in [-0.2, 0) is 17.6 Å². The number of nitrogens with one attached hydrogen (secondary N) is 2. The van der Waals surface area contributed by atoms with Crippen molar-refractivity contribution < 1.29 is 9.53 Å². The quantitative estimate of drug-likeness (QED) is 0.349. The normalized spacial score (nSPS) is 16.6. The number of ether oxygens (including phenoxy) is 1. The molecule has 0 spiro atoms. The molecule has 0 saturated heterocycles. The Bertz CT molecular complexity index is 1200. The summed E-state index contributed by atoms with van der Waals surface area (Å²) in [6.07, 6.45) is 12.9. The van der Waals surface area contributed by atoms with Crippen LogP contribution < -0.4 is 10.6 Å². The SMILES string of the molecule is [B]=C(OC)c1c(NC(=O)NC/C(C2=C(CCCC)CN(CC)CC2)=C(/C)n2cccc2)sc2c1CCCC2. The Morgan fingerprint density at radius 1 is 1.16 bits per heavy atom. The van der Waals surface area contributed by atoms with Crippen LogP contribution >= 0.6 is 11.3 Å². The second-order valence-corrected chi connectivity index (χ2v) is 11.4. The number of aromatic nitrogens is 1. The van der Waals surface area contributed by atoms with E-state index < -0.39 is 0 Å². The summed E-state index contributed by atoms with van der Waals surface area (Å²) in [4.78, 5) is 17.1. The van der Waals surface area contributed by atoms with Crippen molar-refractivity contribution in [2.45, 2.75) is 72.1 Å². The number of carbonyl (C=O) groups excluding carboxylic acids is 1. The fourth-order valence-corrected chi connectivity index (χ4v) is 6.93. The Hall–Kier alpha value is -2.58. The van der Waals surface area contributed by atoms with Crippen molar-refractivity contribution in [1.29, 1.82) is 0 Å². The van der Waals surface area contributed by atoms with E-state index in [1.807, 2.05) is 12.1 Å². The standard InChI is InChI=1S/C30H42BN4O2S/c1-5-7-12-22-20-34(6-2)18-15-23(22)25(21(3)35-16-10-11-17-35)19-32-30(36)33-29-27(28(31)37-4)24-13-8-9-14-26(24)38-29/h10-11,16-17H,5-9,12-15,18-20H2,1-4H3,(H2,32,33,36)/b25-21+. The maximum absolute atomic E-state index is 13.3. The van der Waals surface area contributed by atoms with Crippen molar-refractivity contribution in [1.82, 2.24) is 14.8 Å². The molecule has 0 fully saturated rings. The van der Waals surface area contributed by atoms with Crippen LogP contribution in [0.5, 0.6) is 0 Å². The molecular weight excluding hydrogens is 491 g/mol. The summed E-state index contributed by atoms with van der Waals surface area (Å²) in [5, 5.41) is 7.07. The van der Waals surface area contributed by atoms with Gasteiger partial charge in [-0.05, 0) is 6.54 Å². The van der Waals surface area contributed by atoms with Gasteiger partial charge in [-0.25, -0.2) is 0 Å². The third-order valence-electron chi connectivity index (χ3n) is 7.88. The summed E-state index contributed by atoms with van der Waals surface area (Å²) >= 11 is 1.63. The van der Waals surface area contributed by atoms with Crippen molar-refractivity contribution in [3.63, 3.8) is 0 Å². The second-order valence-electron chi connectivity index (χ2n) is 10.2. The molecule has 2 aromatic heterocycles. The number of allylic oxidation sites excluding steroid dienone is 1.